The van der Waals surface area contributed by atoms with Crippen molar-refractivity contribution in [2.45, 2.75) is 49.8 Å². The maximum atomic E-state index is 12.1. The van der Waals surface area contributed by atoms with Gasteiger partial charge < -0.3 is 14.9 Å². The molecule has 0 aromatic heterocycles. The highest BCUT2D eigenvalue weighted by Crippen LogP contribution is 2.25. The summed E-state index contributed by atoms with van der Waals surface area (Å²) in [5, 5.41) is 19.2. The predicted octanol–water partition coefficient (Wildman–Crippen LogP) is 0.557. The number of hydrogen-bond acceptors (Lipinski definition) is 6. The van der Waals surface area contributed by atoms with E-state index < -0.39 is 34.7 Å². The van der Waals surface area contributed by atoms with Gasteiger partial charge in [-0.2, -0.15) is 8.42 Å². The summed E-state index contributed by atoms with van der Waals surface area (Å²) in [5.74, 6) is 0. The second-order valence-electron chi connectivity index (χ2n) is 4.93. The fraction of sp³-hybridized carbons (Fsp3) is 0.538. The van der Waals surface area contributed by atoms with E-state index in [2.05, 4.69) is 0 Å². The number of aliphatic hydroxyl groups excluding tert-OH is 2. The molecule has 0 amide bonds. The summed E-state index contributed by atoms with van der Waals surface area (Å²) < 4.78 is 34.4. The molecule has 1 aliphatic heterocycles. The highest BCUT2D eigenvalue weighted by atomic mass is 32.2. The van der Waals surface area contributed by atoms with Crippen LogP contribution in [0.3, 0.4) is 0 Å². The summed E-state index contributed by atoms with van der Waals surface area (Å²) in [4.78, 5) is 0.0219. The Morgan fingerprint density at radius 1 is 1.25 bits per heavy atom. The van der Waals surface area contributed by atoms with Gasteiger partial charge in [-0.1, -0.05) is 17.7 Å². The van der Waals surface area contributed by atoms with Gasteiger partial charge in [-0.25, -0.2) is 0 Å². The number of aliphatic hydroxyl groups is 2. The zero-order valence-corrected chi connectivity index (χ0v) is 12.1. The molecule has 2 rings (SSSR count). The maximum absolute atomic E-state index is 12.1. The van der Waals surface area contributed by atoms with Crippen molar-refractivity contribution in [3.05, 3.63) is 29.8 Å². The van der Waals surface area contributed by atoms with Crippen molar-refractivity contribution in [2.24, 2.45) is 0 Å². The first-order chi connectivity index (χ1) is 9.29. The summed E-state index contributed by atoms with van der Waals surface area (Å²) >= 11 is 0. The fourth-order valence-corrected chi connectivity index (χ4v) is 3.24. The lowest BCUT2D eigenvalue weighted by molar-refractivity contribution is -0.220. The van der Waals surface area contributed by atoms with E-state index in [0.717, 1.165) is 5.56 Å². The topological polar surface area (TPSA) is 93.1 Å². The Hall–Kier alpha value is -0.990. The summed E-state index contributed by atoms with van der Waals surface area (Å²) in [5.41, 5.74) is 0.932. The predicted molar refractivity (Wildman–Crippen MR) is 70.4 cm³/mol. The van der Waals surface area contributed by atoms with E-state index in [-0.39, 0.29) is 11.3 Å². The van der Waals surface area contributed by atoms with E-state index in [1.807, 2.05) is 6.92 Å². The van der Waals surface area contributed by atoms with Gasteiger partial charge >= 0.3 is 0 Å². The third-order valence-corrected chi connectivity index (χ3v) is 4.53. The molecule has 20 heavy (non-hydrogen) atoms. The van der Waals surface area contributed by atoms with Crippen molar-refractivity contribution in [1.29, 1.82) is 0 Å². The Morgan fingerprint density at radius 2 is 1.85 bits per heavy atom. The number of ether oxygens (including phenoxy) is 1. The molecule has 2 N–H and O–H groups in total. The first-order valence-electron chi connectivity index (χ1n) is 6.31. The van der Waals surface area contributed by atoms with Crippen LogP contribution < -0.4 is 0 Å². The molecule has 0 aliphatic carbocycles. The Kier molecular flexibility index (Phi) is 4.46. The van der Waals surface area contributed by atoms with E-state index >= 15 is 0 Å². The maximum Gasteiger partial charge on any atom is 0.297 e. The van der Waals surface area contributed by atoms with E-state index in [1.54, 1.807) is 19.1 Å². The Bertz CT molecular complexity index is 541. The Labute approximate surface area is 118 Å². The van der Waals surface area contributed by atoms with Crippen LogP contribution in [0.2, 0.25) is 0 Å². The summed E-state index contributed by atoms with van der Waals surface area (Å²) in [6, 6.07) is 6.22. The van der Waals surface area contributed by atoms with Gasteiger partial charge in [0.25, 0.3) is 10.1 Å². The van der Waals surface area contributed by atoms with Crippen LogP contribution >= 0.6 is 0 Å². The fourth-order valence-electron chi connectivity index (χ4n) is 2.08. The normalized spacial score (nSPS) is 31.2. The molecule has 0 radical (unpaired) electrons. The van der Waals surface area contributed by atoms with Gasteiger partial charge in [0.2, 0.25) is 0 Å². The van der Waals surface area contributed by atoms with E-state index in [0.29, 0.717) is 0 Å². The highest BCUT2D eigenvalue weighted by molar-refractivity contribution is 7.86. The average Bonchev–Trinajstić information content (AvgIpc) is 2.34. The molecular formula is C13H18O6S. The van der Waals surface area contributed by atoms with Crippen molar-refractivity contribution in [3.63, 3.8) is 0 Å². The number of hydrogen-bond donors (Lipinski definition) is 2. The molecule has 1 aliphatic rings. The standard InChI is InChI=1S/C13H18O6S/c1-8-3-5-10(6-4-8)20(16,17)19-13-9(2)18-12(15)7-11(13)14/h3-6,9,11-15H,7H2,1-2H3/t9-,11-,12-,13+/m0/s1. The Morgan fingerprint density at radius 3 is 2.40 bits per heavy atom. The number of benzene rings is 1. The van der Waals surface area contributed by atoms with Crippen LogP contribution in [0.15, 0.2) is 29.2 Å². The smallest absolute Gasteiger partial charge is 0.297 e. The van der Waals surface area contributed by atoms with Crippen molar-refractivity contribution in [2.75, 3.05) is 0 Å². The molecule has 0 unspecified atom stereocenters. The van der Waals surface area contributed by atoms with Gasteiger partial charge in [-0.3, -0.25) is 4.18 Å². The zero-order valence-electron chi connectivity index (χ0n) is 11.3. The van der Waals surface area contributed by atoms with E-state index in [4.69, 9.17) is 8.92 Å². The third-order valence-electron chi connectivity index (χ3n) is 3.20. The van der Waals surface area contributed by atoms with Crippen LogP contribution in [-0.2, 0) is 19.0 Å². The van der Waals surface area contributed by atoms with Gasteiger partial charge in [-0.15, -0.1) is 0 Å². The molecular weight excluding hydrogens is 284 g/mol. The summed E-state index contributed by atoms with van der Waals surface area (Å²) in [6.07, 6.45) is -4.06. The molecule has 0 spiro atoms. The lowest BCUT2D eigenvalue weighted by Gasteiger charge is -2.35. The summed E-state index contributed by atoms with van der Waals surface area (Å²) in [7, 11) is -3.98. The molecule has 1 aromatic rings. The minimum atomic E-state index is -3.98. The molecule has 0 bridgehead atoms. The van der Waals surface area contributed by atoms with Crippen LogP contribution in [0.4, 0.5) is 0 Å². The van der Waals surface area contributed by atoms with Crippen LogP contribution in [0, 0.1) is 6.92 Å². The van der Waals surface area contributed by atoms with Crippen molar-refractivity contribution >= 4 is 10.1 Å². The van der Waals surface area contributed by atoms with Crippen molar-refractivity contribution < 1.29 is 27.6 Å². The van der Waals surface area contributed by atoms with E-state index in [1.165, 1.54) is 12.1 Å². The van der Waals surface area contributed by atoms with Crippen LogP contribution in [0.5, 0.6) is 0 Å². The lowest BCUT2D eigenvalue weighted by atomic mass is 10.0. The largest absolute Gasteiger partial charge is 0.390 e. The molecule has 1 fully saturated rings. The summed E-state index contributed by atoms with van der Waals surface area (Å²) in [6.45, 7) is 3.39. The minimum Gasteiger partial charge on any atom is -0.390 e. The first kappa shape index (κ1) is 15.4. The van der Waals surface area contributed by atoms with Crippen LogP contribution in [-0.4, -0.2) is 43.2 Å². The molecule has 112 valence electrons. The molecule has 1 aromatic carbocycles. The molecule has 7 heteroatoms. The van der Waals surface area contributed by atoms with Crippen LogP contribution in [0.25, 0.3) is 0 Å². The van der Waals surface area contributed by atoms with Crippen molar-refractivity contribution in [3.8, 4) is 0 Å². The van der Waals surface area contributed by atoms with Crippen molar-refractivity contribution in [1.82, 2.24) is 0 Å². The van der Waals surface area contributed by atoms with Gasteiger partial charge in [0, 0.05) is 6.42 Å². The molecule has 1 saturated heterocycles. The quantitative estimate of drug-likeness (QED) is 0.792. The second-order valence-corrected chi connectivity index (χ2v) is 6.50. The third kappa shape index (κ3) is 3.36. The monoisotopic (exact) mass is 302 g/mol. The number of rotatable bonds is 3. The minimum absolute atomic E-state index is 0.0219. The van der Waals surface area contributed by atoms with Crippen LogP contribution in [0.1, 0.15) is 18.9 Å². The molecule has 1 heterocycles. The Balaban J connectivity index is 2.17. The SMILES string of the molecule is Cc1ccc(S(=O)(=O)O[C@@H]2[C@H](C)O[C@H](O)C[C@@H]2O)cc1. The van der Waals surface area contributed by atoms with Gasteiger partial charge in [-0.05, 0) is 26.0 Å². The van der Waals surface area contributed by atoms with Gasteiger partial charge in [0.15, 0.2) is 6.29 Å². The highest BCUT2D eigenvalue weighted by Gasteiger charge is 2.38. The average molecular weight is 302 g/mol. The second kappa shape index (κ2) is 5.79. The first-order valence-corrected chi connectivity index (χ1v) is 7.72. The van der Waals surface area contributed by atoms with E-state index in [9.17, 15) is 18.6 Å². The molecule has 0 saturated carbocycles. The number of aryl methyl sites for hydroxylation is 1. The molecule has 6 nitrogen and oxygen atoms in total. The molecule has 4 atom stereocenters. The van der Waals surface area contributed by atoms with Gasteiger partial charge in [0.1, 0.15) is 6.10 Å². The van der Waals surface area contributed by atoms with Gasteiger partial charge in [0.05, 0.1) is 17.1 Å². The zero-order chi connectivity index (χ0) is 14.9. The lowest BCUT2D eigenvalue weighted by Crippen LogP contribution is -2.49.